The number of hydrogen-bond donors (Lipinski definition) is 1. The van der Waals surface area contributed by atoms with Gasteiger partial charge in [0.15, 0.2) is 0 Å². The molecule has 1 N–H and O–H groups in total. The zero-order valence-corrected chi connectivity index (χ0v) is 12.2. The second kappa shape index (κ2) is 7.30. The smallest absolute Gasteiger partial charge is 0.346 e. The Bertz CT molecular complexity index is 762. The molecule has 22 heavy (non-hydrogen) atoms. The van der Waals surface area contributed by atoms with E-state index in [4.69, 9.17) is 26.7 Å². The number of hydrogen-bond acceptors (Lipinski definition) is 3. The van der Waals surface area contributed by atoms with Crippen LogP contribution >= 0.6 is 11.6 Å². The molecule has 0 saturated carbocycles. The summed E-state index contributed by atoms with van der Waals surface area (Å²) in [4.78, 5) is 10.8. The summed E-state index contributed by atoms with van der Waals surface area (Å²) in [6.45, 7) is 0.345. The first kappa shape index (κ1) is 15.6. The van der Waals surface area contributed by atoms with Gasteiger partial charge in [-0.15, -0.1) is 0 Å². The second-order valence-electron chi connectivity index (χ2n) is 4.47. The van der Waals surface area contributed by atoms with Crippen molar-refractivity contribution in [3.8, 4) is 11.8 Å². The van der Waals surface area contributed by atoms with Crippen molar-refractivity contribution in [3.63, 3.8) is 0 Å². The molecular formula is C17H12ClNO3. The van der Waals surface area contributed by atoms with Gasteiger partial charge in [-0.05, 0) is 41.5 Å². The lowest BCUT2D eigenvalue weighted by Gasteiger charge is -2.07. The molecule has 5 heteroatoms. The molecule has 0 bridgehead atoms. The minimum Gasteiger partial charge on any atom is -0.489 e. The normalized spacial score (nSPS) is 10.8. The first-order chi connectivity index (χ1) is 10.6. The Labute approximate surface area is 132 Å². The molecule has 2 rings (SSSR count). The quantitative estimate of drug-likeness (QED) is 0.671. The molecule has 2 aromatic carbocycles. The Morgan fingerprint density at radius 2 is 2.05 bits per heavy atom. The van der Waals surface area contributed by atoms with Crippen molar-refractivity contribution in [1.29, 1.82) is 5.26 Å². The Balaban J connectivity index is 2.12. The third kappa shape index (κ3) is 4.37. The number of carboxylic acids is 1. The van der Waals surface area contributed by atoms with Gasteiger partial charge in [0.1, 0.15) is 24.0 Å². The minimum absolute atomic E-state index is 0.327. The summed E-state index contributed by atoms with van der Waals surface area (Å²) < 4.78 is 5.65. The maximum Gasteiger partial charge on any atom is 0.346 e. The fourth-order valence-electron chi connectivity index (χ4n) is 1.80. The van der Waals surface area contributed by atoms with Gasteiger partial charge in [0.25, 0.3) is 0 Å². The average molecular weight is 314 g/mol. The predicted octanol–water partition coefficient (Wildman–Crippen LogP) is 3.91. The van der Waals surface area contributed by atoms with Crippen LogP contribution in [0.15, 0.2) is 54.1 Å². The van der Waals surface area contributed by atoms with E-state index in [9.17, 15) is 4.79 Å². The van der Waals surface area contributed by atoms with Crippen molar-refractivity contribution in [2.24, 2.45) is 0 Å². The largest absolute Gasteiger partial charge is 0.489 e. The summed E-state index contributed by atoms with van der Waals surface area (Å²) in [6.07, 6.45) is 1.30. The zero-order valence-electron chi connectivity index (χ0n) is 11.5. The monoisotopic (exact) mass is 313 g/mol. The molecule has 0 saturated heterocycles. The summed E-state index contributed by atoms with van der Waals surface area (Å²) in [6, 6.07) is 15.8. The molecule has 0 aliphatic rings. The van der Waals surface area contributed by atoms with Crippen molar-refractivity contribution in [2.75, 3.05) is 0 Å². The Morgan fingerprint density at radius 1 is 1.27 bits per heavy atom. The maximum absolute atomic E-state index is 10.8. The Hall–Kier alpha value is -2.77. The number of halogens is 1. The third-order valence-corrected chi connectivity index (χ3v) is 3.05. The number of aliphatic carboxylic acids is 1. The number of nitrogens with zero attached hydrogens (tertiary/aromatic N) is 1. The molecule has 0 atom stereocenters. The minimum atomic E-state index is -1.26. The summed E-state index contributed by atoms with van der Waals surface area (Å²) in [7, 11) is 0. The Morgan fingerprint density at radius 3 is 2.73 bits per heavy atom. The SMILES string of the molecule is N#CC(=Cc1cccc(OCc2cccc(Cl)c2)c1)C(=O)O. The molecule has 0 amide bonds. The number of carboxylic acid groups (broad SMARTS) is 1. The van der Waals surface area contributed by atoms with Crippen LogP contribution in [0.1, 0.15) is 11.1 Å². The van der Waals surface area contributed by atoms with Crippen LogP contribution in [-0.2, 0) is 11.4 Å². The number of ether oxygens (including phenoxy) is 1. The predicted molar refractivity (Wildman–Crippen MR) is 83.5 cm³/mol. The molecule has 2 aromatic rings. The summed E-state index contributed by atoms with van der Waals surface area (Å²) >= 11 is 5.91. The maximum atomic E-state index is 10.8. The highest BCUT2D eigenvalue weighted by molar-refractivity contribution is 6.30. The van der Waals surface area contributed by atoms with Gasteiger partial charge in [0.2, 0.25) is 0 Å². The van der Waals surface area contributed by atoms with Crippen molar-refractivity contribution in [1.82, 2.24) is 0 Å². The lowest BCUT2D eigenvalue weighted by atomic mass is 10.1. The second-order valence-corrected chi connectivity index (χ2v) is 4.90. The zero-order chi connectivity index (χ0) is 15.9. The molecule has 4 nitrogen and oxygen atoms in total. The number of carbonyl (C=O) groups is 1. The van der Waals surface area contributed by atoms with Gasteiger partial charge in [0, 0.05) is 5.02 Å². The van der Waals surface area contributed by atoms with E-state index >= 15 is 0 Å². The van der Waals surface area contributed by atoms with Crippen LogP contribution in [0.4, 0.5) is 0 Å². The molecule has 0 radical (unpaired) electrons. The van der Waals surface area contributed by atoms with E-state index in [-0.39, 0.29) is 5.57 Å². The molecule has 0 unspecified atom stereocenters. The van der Waals surface area contributed by atoms with Crippen molar-refractivity contribution in [3.05, 3.63) is 70.3 Å². The van der Waals surface area contributed by atoms with E-state index in [1.165, 1.54) is 6.08 Å². The van der Waals surface area contributed by atoms with E-state index in [0.29, 0.717) is 22.9 Å². The lowest BCUT2D eigenvalue weighted by Crippen LogP contribution is -1.98. The third-order valence-electron chi connectivity index (χ3n) is 2.81. The van der Waals surface area contributed by atoms with Crippen LogP contribution in [0, 0.1) is 11.3 Å². The van der Waals surface area contributed by atoms with Crippen LogP contribution in [0.2, 0.25) is 5.02 Å². The number of rotatable bonds is 5. The van der Waals surface area contributed by atoms with Crippen LogP contribution < -0.4 is 4.74 Å². The molecule has 110 valence electrons. The number of nitriles is 1. The number of benzene rings is 2. The van der Waals surface area contributed by atoms with Crippen LogP contribution in [0.5, 0.6) is 5.75 Å². The highest BCUT2D eigenvalue weighted by Gasteiger charge is 2.06. The molecule has 0 aliphatic heterocycles. The first-order valence-electron chi connectivity index (χ1n) is 6.41. The van der Waals surface area contributed by atoms with Crippen LogP contribution in [-0.4, -0.2) is 11.1 Å². The average Bonchev–Trinajstić information content (AvgIpc) is 2.51. The molecule has 0 fully saturated rings. The van der Waals surface area contributed by atoms with E-state index < -0.39 is 5.97 Å². The molecular weight excluding hydrogens is 302 g/mol. The lowest BCUT2D eigenvalue weighted by molar-refractivity contribution is -0.132. The van der Waals surface area contributed by atoms with Gasteiger partial charge in [-0.25, -0.2) is 4.79 Å². The van der Waals surface area contributed by atoms with E-state index in [1.54, 1.807) is 36.4 Å². The molecule has 0 aromatic heterocycles. The van der Waals surface area contributed by atoms with E-state index in [0.717, 1.165) is 5.56 Å². The Kier molecular flexibility index (Phi) is 5.18. The van der Waals surface area contributed by atoms with Gasteiger partial charge >= 0.3 is 5.97 Å². The first-order valence-corrected chi connectivity index (χ1v) is 6.78. The topological polar surface area (TPSA) is 70.3 Å². The van der Waals surface area contributed by atoms with Crippen molar-refractivity contribution in [2.45, 2.75) is 6.61 Å². The molecule has 0 heterocycles. The summed E-state index contributed by atoms with van der Waals surface area (Å²) in [5, 5.41) is 18.2. The van der Waals surface area contributed by atoms with Crippen molar-refractivity contribution >= 4 is 23.6 Å². The molecule has 0 aliphatic carbocycles. The van der Waals surface area contributed by atoms with Gasteiger partial charge in [-0.3, -0.25) is 0 Å². The van der Waals surface area contributed by atoms with Gasteiger partial charge in [-0.1, -0.05) is 35.9 Å². The van der Waals surface area contributed by atoms with Gasteiger partial charge in [0.05, 0.1) is 0 Å². The highest BCUT2D eigenvalue weighted by atomic mass is 35.5. The molecule has 0 spiro atoms. The van der Waals surface area contributed by atoms with Crippen LogP contribution in [0.3, 0.4) is 0 Å². The van der Waals surface area contributed by atoms with Gasteiger partial charge < -0.3 is 9.84 Å². The van der Waals surface area contributed by atoms with Crippen molar-refractivity contribution < 1.29 is 14.6 Å². The summed E-state index contributed by atoms with van der Waals surface area (Å²) in [5.41, 5.74) is 1.19. The van der Waals surface area contributed by atoms with Gasteiger partial charge in [-0.2, -0.15) is 5.26 Å². The van der Waals surface area contributed by atoms with E-state index in [2.05, 4.69) is 0 Å². The summed E-state index contributed by atoms with van der Waals surface area (Å²) in [5.74, 6) is -0.677. The fourth-order valence-corrected chi connectivity index (χ4v) is 2.01. The van der Waals surface area contributed by atoms with Crippen LogP contribution in [0.25, 0.3) is 6.08 Å². The standard InChI is InChI=1S/C17H12ClNO3/c18-15-5-1-4-13(8-15)11-22-16-6-2-3-12(9-16)7-14(10-19)17(20)21/h1-9H,11H2,(H,20,21). The fraction of sp³-hybridized carbons (Fsp3) is 0.0588. The van der Waals surface area contributed by atoms with E-state index in [1.807, 2.05) is 18.2 Å². The highest BCUT2D eigenvalue weighted by Crippen LogP contribution is 2.18.